The van der Waals surface area contributed by atoms with Gasteiger partial charge in [-0.05, 0) is 35.1 Å². The number of hydrogen-bond donors (Lipinski definition) is 4. The zero-order valence-corrected chi connectivity index (χ0v) is 15.9. The number of ether oxygens (including phenoxy) is 1. The second-order valence-corrected chi connectivity index (χ2v) is 6.86. The van der Waals surface area contributed by atoms with E-state index in [0.717, 1.165) is 22.3 Å². The quantitative estimate of drug-likeness (QED) is 0.506. The summed E-state index contributed by atoms with van der Waals surface area (Å²) in [5.41, 5.74) is 14.8. The molecule has 0 radical (unpaired) electrons. The van der Waals surface area contributed by atoms with Crippen LogP contribution in [0, 0.1) is 0 Å². The van der Waals surface area contributed by atoms with Crippen molar-refractivity contribution in [1.29, 1.82) is 0 Å². The van der Waals surface area contributed by atoms with Crippen LogP contribution < -0.4 is 22.1 Å². The number of carbonyl (C=O) groups excluding carboxylic acids is 3. The van der Waals surface area contributed by atoms with E-state index >= 15 is 0 Å². The Morgan fingerprint density at radius 1 is 0.966 bits per heavy atom. The number of urea groups is 1. The third kappa shape index (κ3) is 4.84. The van der Waals surface area contributed by atoms with Gasteiger partial charge in [0.2, 0.25) is 5.91 Å². The van der Waals surface area contributed by atoms with Crippen LogP contribution in [0.4, 0.5) is 9.59 Å². The minimum Gasteiger partial charge on any atom is -0.449 e. The second kappa shape index (κ2) is 9.09. The van der Waals surface area contributed by atoms with E-state index in [4.69, 9.17) is 16.2 Å². The minimum absolute atomic E-state index is 0.0695. The van der Waals surface area contributed by atoms with E-state index in [-0.39, 0.29) is 25.5 Å². The van der Waals surface area contributed by atoms with Crippen molar-refractivity contribution in [3.63, 3.8) is 0 Å². The number of carbonyl (C=O) groups is 3. The van der Waals surface area contributed by atoms with Crippen molar-refractivity contribution in [1.82, 2.24) is 10.6 Å². The van der Waals surface area contributed by atoms with Crippen LogP contribution >= 0.6 is 0 Å². The Morgan fingerprint density at radius 2 is 1.55 bits per heavy atom. The van der Waals surface area contributed by atoms with Crippen LogP contribution in [-0.2, 0) is 9.53 Å². The summed E-state index contributed by atoms with van der Waals surface area (Å²) >= 11 is 0. The van der Waals surface area contributed by atoms with Gasteiger partial charge in [-0.3, -0.25) is 4.79 Å². The van der Waals surface area contributed by atoms with Crippen LogP contribution in [0.3, 0.4) is 0 Å². The van der Waals surface area contributed by atoms with Crippen LogP contribution in [0.5, 0.6) is 0 Å². The molecule has 152 valence electrons. The largest absolute Gasteiger partial charge is 0.449 e. The van der Waals surface area contributed by atoms with Gasteiger partial charge in [0.15, 0.2) is 0 Å². The number of amides is 4. The molecular weight excluding hydrogens is 372 g/mol. The Morgan fingerprint density at radius 3 is 2.10 bits per heavy atom. The molecule has 1 aliphatic rings. The van der Waals surface area contributed by atoms with Crippen molar-refractivity contribution in [2.75, 3.05) is 13.2 Å². The molecule has 8 heteroatoms. The minimum atomic E-state index is -0.889. The third-order valence-electron chi connectivity index (χ3n) is 4.95. The van der Waals surface area contributed by atoms with E-state index in [1.807, 2.05) is 36.4 Å². The first kappa shape index (κ1) is 20.2. The number of nitrogens with two attached hydrogens (primary N) is 2. The van der Waals surface area contributed by atoms with Crippen molar-refractivity contribution in [3.8, 4) is 11.1 Å². The molecule has 1 unspecified atom stereocenters. The van der Waals surface area contributed by atoms with Gasteiger partial charge in [0, 0.05) is 12.5 Å². The molecule has 0 fully saturated rings. The molecule has 6 N–H and O–H groups in total. The topological polar surface area (TPSA) is 137 Å². The predicted molar refractivity (Wildman–Crippen MR) is 108 cm³/mol. The fourth-order valence-corrected chi connectivity index (χ4v) is 3.59. The Balaban J connectivity index is 1.58. The summed E-state index contributed by atoms with van der Waals surface area (Å²) in [6, 6.07) is 14.5. The Bertz CT molecular complexity index is 870. The van der Waals surface area contributed by atoms with Crippen molar-refractivity contribution < 1.29 is 19.1 Å². The van der Waals surface area contributed by atoms with Crippen molar-refractivity contribution >= 4 is 18.0 Å². The van der Waals surface area contributed by atoms with Crippen LogP contribution in [-0.4, -0.2) is 37.2 Å². The molecule has 0 bridgehead atoms. The smallest absolute Gasteiger partial charge is 0.407 e. The average molecular weight is 396 g/mol. The van der Waals surface area contributed by atoms with Crippen molar-refractivity contribution in [2.24, 2.45) is 11.5 Å². The number of rotatable bonds is 8. The SMILES string of the molecule is NC(=O)NCCCC(NC(=O)OCC1c2ccccc2-c2ccccc21)C(N)=O. The molecule has 2 aromatic carbocycles. The van der Waals surface area contributed by atoms with Crippen molar-refractivity contribution in [2.45, 2.75) is 24.8 Å². The highest BCUT2D eigenvalue weighted by Crippen LogP contribution is 2.44. The van der Waals surface area contributed by atoms with Gasteiger partial charge in [-0.2, -0.15) is 0 Å². The van der Waals surface area contributed by atoms with Gasteiger partial charge in [-0.15, -0.1) is 0 Å². The average Bonchev–Trinajstić information content (AvgIpc) is 3.02. The van der Waals surface area contributed by atoms with Crippen LogP contribution in [0.15, 0.2) is 48.5 Å². The maximum Gasteiger partial charge on any atom is 0.407 e. The first-order valence-electron chi connectivity index (χ1n) is 9.41. The van der Waals surface area contributed by atoms with Crippen LogP contribution in [0.2, 0.25) is 0 Å². The number of alkyl carbamates (subject to hydrolysis) is 1. The number of fused-ring (bicyclic) bond motifs is 3. The Kier molecular flexibility index (Phi) is 6.33. The molecule has 29 heavy (non-hydrogen) atoms. The van der Waals surface area contributed by atoms with Gasteiger partial charge in [0.1, 0.15) is 12.6 Å². The number of primary amides is 2. The fraction of sp³-hybridized carbons (Fsp3) is 0.286. The molecule has 1 atom stereocenters. The number of nitrogens with one attached hydrogen (secondary N) is 2. The first-order chi connectivity index (χ1) is 14.0. The Labute approximate surface area is 168 Å². The summed E-state index contributed by atoms with van der Waals surface area (Å²) in [6.45, 7) is 0.431. The van der Waals surface area contributed by atoms with E-state index in [1.165, 1.54) is 0 Å². The van der Waals surface area contributed by atoms with Crippen LogP contribution in [0.1, 0.15) is 29.9 Å². The summed E-state index contributed by atoms with van der Waals surface area (Å²) in [4.78, 5) is 34.5. The van der Waals surface area contributed by atoms with E-state index < -0.39 is 24.1 Å². The predicted octanol–water partition coefficient (Wildman–Crippen LogP) is 1.83. The molecular formula is C21H24N4O4. The molecule has 8 nitrogen and oxygen atoms in total. The highest BCUT2D eigenvalue weighted by atomic mass is 16.5. The summed E-state index contributed by atoms with van der Waals surface area (Å²) in [7, 11) is 0. The summed E-state index contributed by atoms with van der Waals surface area (Å²) in [6.07, 6.45) is -0.0152. The lowest BCUT2D eigenvalue weighted by Crippen LogP contribution is -2.45. The van der Waals surface area contributed by atoms with Gasteiger partial charge in [0.05, 0.1) is 0 Å². The molecule has 0 spiro atoms. The zero-order valence-electron chi connectivity index (χ0n) is 15.9. The van der Waals surface area contributed by atoms with E-state index in [2.05, 4.69) is 22.8 Å². The summed E-state index contributed by atoms with van der Waals surface area (Å²) in [5.74, 6) is -0.738. The zero-order chi connectivity index (χ0) is 20.8. The van der Waals surface area contributed by atoms with E-state index in [0.29, 0.717) is 6.42 Å². The normalized spacial score (nSPS) is 13.1. The Hall–Kier alpha value is -3.55. The molecule has 3 rings (SSSR count). The van der Waals surface area contributed by atoms with Gasteiger partial charge in [-0.25, -0.2) is 9.59 Å². The summed E-state index contributed by atoms with van der Waals surface area (Å²) < 4.78 is 5.42. The molecule has 0 saturated heterocycles. The second-order valence-electron chi connectivity index (χ2n) is 6.86. The van der Waals surface area contributed by atoms with Gasteiger partial charge in [0.25, 0.3) is 0 Å². The van der Waals surface area contributed by atoms with E-state index in [9.17, 15) is 14.4 Å². The highest BCUT2D eigenvalue weighted by Gasteiger charge is 2.29. The van der Waals surface area contributed by atoms with Gasteiger partial charge in [-0.1, -0.05) is 48.5 Å². The molecule has 0 saturated carbocycles. The van der Waals surface area contributed by atoms with E-state index in [1.54, 1.807) is 0 Å². The molecule has 2 aromatic rings. The molecule has 4 amide bonds. The fourth-order valence-electron chi connectivity index (χ4n) is 3.59. The maximum atomic E-state index is 12.2. The van der Waals surface area contributed by atoms with Crippen molar-refractivity contribution in [3.05, 3.63) is 59.7 Å². The molecule has 0 heterocycles. The highest BCUT2D eigenvalue weighted by molar-refractivity contribution is 5.84. The third-order valence-corrected chi connectivity index (χ3v) is 4.95. The lowest BCUT2D eigenvalue weighted by molar-refractivity contribution is -0.120. The standard InChI is InChI=1S/C21H24N4O4/c22-19(26)18(10-5-11-24-20(23)27)25-21(28)29-12-17-15-8-3-1-6-13(15)14-7-2-4-9-16(14)17/h1-4,6-9,17-18H,5,10-12H2,(H2,22,26)(H,25,28)(H3,23,24,27). The summed E-state index contributed by atoms with van der Waals surface area (Å²) in [5, 5.41) is 4.91. The van der Waals surface area contributed by atoms with Crippen LogP contribution in [0.25, 0.3) is 11.1 Å². The molecule has 0 aromatic heterocycles. The maximum absolute atomic E-state index is 12.2. The lowest BCUT2D eigenvalue weighted by Gasteiger charge is -2.18. The molecule has 1 aliphatic carbocycles. The lowest BCUT2D eigenvalue weighted by atomic mass is 9.98. The number of benzene rings is 2. The number of hydrogen-bond acceptors (Lipinski definition) is 4. The first-order valence-corrected chi connectivity index (χ1v) is 9.41. The molecule has 0 aliphatic heterocycles. The van der Waals surface area contributed by atoms with Gasteiger partial charge < -0.3 is 26.8 Å². The monoisotopic (exact) mass is 396 g/mol. The van der Waals surface area contributed by atoms with Gasteiger partial charge >= 0.3 is 12.1 Å².